The van der Waals surface area contributed by atoms with E-state index in [1.807, 2.05) is 18.2 Å². The van der Waals surface area contributed by atoms with Crippen LogP contribution < -0.4 is 4.74 Å². The first kappa shape index (κ1) is 15.1. The number of pyridine rings is 1. The van der Waals surface area contributed by atoms with Crippen LogP contribution >= 0.6 is 11.6 Å². The second-order valence-electron chi connectivity index (χ2n) is 5.76. The van der Waals surface area contributed by atoms with Gasteiger partial charge in [0, 0.05) is 10.8 Å². The molecule has 1 aliphatic carbocycles. The van der Waals surface area contributed by atoms with Crippen molar-refractivity contribution < 1.29 is 14.6 Å². The van der Waals surface area contributed by atoms with E-state index in [-0.39, 0.29) is 5.69 Å². The van der Waals surface area contributed by atoms with Crippen molar-refractivity contribution in [2.24, 2.45) is 5.92 Å². The first-order valence-electron chi connectivity index (χ1n) is 7.53. The molecule has 0 amide bonds. The molecule has 0 bridgehead atoms. The van der Waals surface area contributed by atoms with E-state index in [1.54, 1.807) is 6.07 Å². The number of fused-ring (bicyclic) bond motifs is 1. The molecule has 1 aliphatic rings. The first-order valence-corrected chi connectivity index (χ1v) is 7.97. The van der Waals surface area contributed by atoms with Gasteiger partial charge in [0.05, 0.1) is 6.61 Å². The van der Waals surface area contributed by atoms with Crippen molar-refractivity contribution in [1.29, 1.82) is 0 Å². The molecule has 116 valence electrons. The Morgan fingerprint density at radius 2 is 2.00 bits per heavy atom. The standard InChI is InChI=1S/C17H18ClNO3/c18-13-7-4-11(5-8-13)10-22-15-3-1-2-12-6-9-14(17(20)21)19-16(12)15/h1-3,6,9,11,13H,4-5,7-8,10H2,(H,20,21). The van der Waals surface area contributed by atoms with Crippen molar-refractivity contribution in [3.8, 4) is 5.75 Å². The van der Waals surface area contributed by atoms with Crippen LogP contribution in [-0.4, -0.2) is 28.0 Å². The van der Waals surface area contributed by atoms with Gasteiger partial charge in [0.1, 0.15) is 17.0 Å². The summed E-state index contributed by atoms with van der Waals surface area (Å²) in [6.45, 7) is 0.627. The van der Waals surface area contributed by atoms with Crippen molar-refractivity contribution in [2.75, 3.05) is 6.61 Å². The van der Waals surface area contributed by atoms with Gasteiger partial charge in [-0.1, -0.05) is 18.2 Å². The average Bonchev–Trinajstić information content (AvgIpc) is 2.53. The van der Waals surface area contributed by atoms with Gasteiger partial charge in [-0.05, 0) is 43.7 Å². The molecule has 3 rings (SSSR count). The summed E-state index contributed by atoms with van der Waals surface area (Å²) in [6.07, 6.45) is 4.22. The largest absolute Gasteiger partial charge is 0.491 e. The highest BCUT2D eigenvalue weighted by Crippen LogP contribution is 2.30. The van der Waals surface area contributed by atoms with Crippen LogP contribution in [0.3, 0.4) is 0 Å². The van der Waals surface area contributed by atoms with Gasteiger partial charge in [-0.15, -0.1) is 11.6 Å². The van der Waals surface area contributed by atoms with Crippen LogP contribution in [0.5, 0.6) is 5.75 Å². The highest BCUT2D eigenvalue weighted by molar-refractivity contribution is 6.20. The summed E-state index contributed by atoms with van der Waals surface area (Å²) >= 11 is 6.12. The lowest BCUT2D eigenvalue weighted by atomic mass is 9.89. The maximum absolute atomic E-state index is 11.1. The number of hydrogen-bond acceptors (Lipinski definition) is 3. The molecule has 1 aromatic carbocycles. The molecule has 0 spiro atoms. The number of halogens is 1. The van der Waals surface area contributed by atoms with Gasteiger partial charge in [-0.25, -0.2) is 9.78 Å². The molecular formula is C17H18ClNO3. The van der Waals surface area contributed by atoms with E-state index in [4.69, 9.17) is 21.4 Å². The lowest BCUT2D eigenvalue weighted by molar-refractivity contribution is 0.0691. The van der Waals surface area contributed by atoms with Crippen LogP contribution in [-0.2, 0) is 0 Å². The number of aromatic nitrogens is 1. The number of nitrogens with zero attached hydrogens (tertiary/aromatic N) is 1. The average molecular weight is 320 g/mol. The van der Waals surface area contributed by atoms with E-state index < -0.39 is 5.97 Å². The fraction of sp³-hybridized carbons (Fsp3) is 0.412. The number of alkyl halides is 1. The zero-order chi connectivity index (χ0) is 15.5. The normalized spacial score (nSPS) is 21.7. The molecule has 0 unspecified atom stereocenters. The summed E-state index contributed by atoms with van der Waals surface area (Å²) in [5.74, 6) is 0.124. The molecule has 0 radical (unpaired) electrons. The Bertz CT molecular complexity index is 681. The Labute approximate surface area is 134 Å². The Hall–Kier alpha value is -1.81. The van der Waals surface area contributed by atoms with E-state index in [1.165, 1.54) is 6.07 Å². The fourth-order valence-electron chi connectivity index (χ4n) is 2.85. The molecule has 5 heteroatoms. The number of aromatic carboxylic acids is 1. The minimum atomic E-state index is -1.03. The summed E-state index contributed by atoms with van der Waals surface area (Å²) in [5.41, 5.74) is 0.639. The Kier molecular flexibility index (Phi) is 4.48. The summed E-state index contributed by atoms with van der Waals surface area (Å²) in [7, 11) is 0. The molecule has 1 N–H and O–H groups in total. The second kappa shape index (κ2) is 6.53. The van der Waals surface area contributed by atoms with Gasteiger partial charge >= 0.3 is 5.97 Å². The number of benzene rings is 1. The van der Waals surface area contributed by atoms with Crippen molar-refractivity contribution in [2.45, 2.75) is 31.1 Å². The van der Waals surface area contributed by atoms with Crippen LogP contribution in [0.2, 0.25) is 0 Å². The monoisotopic (exact) mass is 319 g/mol. The van der Waals surface area contributed by atoms with E-state index >= 15 is 0 Å². The summed E-state index contributed by atoms with van der Waals surface area (Å²) in [4.78, 5) is 15.3. The van der Waals surface area contributed by atoms with Crippen molar-refractivity contribution >= 4 is 28.5 Å². The third-order valence-electron chi connectivity index (χ3n) is 4.15. The van der Waals surface area contributed by atoms with E-state index in [9.17, 15) is 4.79 Å². The number of carboxylic acids is 1. The molecule has 0 aliphatic heterocycles. The minimum Gasteiger partial charge on any atom is -0.491 e. The SMILES string of the molecule is O=C(O)c1ccc2cccc(OCC3CCC(Cl)CC3)c2n1. The first-order chi connectivity index (χ1) is 10.6. The summed E-state index contributed by atoms with van der Waals surface area (Å²) in [5, 5.41) is 10.3. The lowest BCUT2D eigenvalue weighted by Gasteiger charge is -2.25. The molecular weight excluding hydrogens is 302 g/mol. The smallest absolute Gasteiger partial charge is 0.354 e. The summed E-state index contributed by atoms with van der Waals surface area (Å²) < 4.78 is 5.93. The molecule has 1 fully saturated rings. The Balaban J connectivity index is 1.78. The number of ether oxygens (including phenoxy) is 1. The quantitative estimate of drug-likeness (QED) is 0.862. The molecule has 22 heavy (non-hydrogen) atoms. The number of carbonyl (C=O) groups is 1. The molecule has 1 aromatic heterocycles. The van der Waals surface area contributed by atoms with Gasteiger partial charge in [0.25, 0.3) is 0 Å². The number of hydrogen-bond donors (Lipinski definition) is 1. The third kappa shape index (κ3) is 3.33. The minimum absolute atomic E-state index is 0.0335. The molecule has 0 saturated heterocycles. The van der Waals surface area contributed by atoms with Gasteiger partial charge in [-0.2, -0.15) is 0 Å². The Morgan fingerprint density at radius 1 is 1.23 bits per heavy atom. The fourth-order valence-corrected chi connectivity index (χ4v) is 3.10. The number of para-hydroxylation sites is 1. The van der Waals surface area contributed by atoms with Gasteiger partial charge in [0.15, 0.2) is 0 Å². The van der Waals surface area contributed by atoms with Crippen molar-refractivity contribution in [3.63, 3.8) is 0 Å². The predicted molar refractivity (Wildman–Crippen MR) is 85.8 cm³/mol. The zero-order valence-electron chi connectivity index (χ0n) is 12.2. The summed E-state index contributed by atoms with van der Waals surface area (Å²) in [6, 6.07) is 8.91. The predicted octanol–water partition coefficient (Wildman–Crippen LogP) is 4.11. The molecule has 0 atom stereocenters. The second-order valence-corrected chi connectivity index (χ2v) is 6.38. The number of carboxylic acid groups (broad SMARTS) is 1. The Morgan fingerprint density at radius 3 is 2.73 bits per heavy atom. The molecule has 4 nitrogen and oxygen atoms in total. The number of rotatable bonds is 4. The maximum atomic E-state index is 11.1. The topological polar surface area (TPSA) is 59.4 Å². The highest BCUT2D eigenvalue weighted by Gasteiger charge is 2.20. The highest BCUT2D eigenvalue weighted by atomic mass is 35.5. The van der Waals surface area contributed by atoms with Crippen LogP contribution in [0.15, 0.2) is 30.3 Å². The van der Waals surface area contributed by atoms with Gasteiger partial charge in [-0.3, -0.25) is 0 Å². The zero-order valence-corrected chi connectivity index (χ0v) is 12.9. The lowest BCUT2D eigenvalue weighted by Crippen LogP contribution is -2.20. The van der Waals surface area contributed by atoms with Crippen LogP contribution in [0.4, 0.5) is 0 Å². The van der Waals surface area contributed by atoms with Crippen LogP contribution in [0.25, 0.3) is 10.9 Å². The van der Waals surface area contributed by atoms with E-state index in [0.29, 0.717) is 29.2 Å². The van der Waals surface area contributed by atoms with E-state index in [0.717, 1.165) is 31.1 Å². The molecule has 2 aromatic rings. The van der Waals surface area contributed by atoms with E-state index in [2.05, 4.69) is 4.98 Å². The maximum Gasteiger partial charge on any atom is 0.354 e. The molecule has 1 saturated carbocycles. The van der Waals surface area contributed by atoms with Crippen molar-refractivity contribution in [1.82, 2.24) is 4.98 Å². The van der Waals surface area contributed by atoms with Gasteiger partial charge < -0.3 is 9.84 Å². The van der Waals surface area contributed by atoms with Crippen LogP contribution in [0, 0.1) is 5.92 Å². The van der Waals surface area contributed by atoms with Crippen LogP contribution in [0.1, 0.15) is 36.2 Å². The molecule has 1 heterocycles. The van der Waals surface area contributed by atoms with Crippen molar-refractivity contribution in [3.05, 3.63) is 36.0 Å². The third-order valence-corrected chi connectivity index (χ3v) is 4.59. The van der Waals surface area contributed by atoms with Gasteiger partial charge in [0.2, 0.25) is 0 Å².